The number of amides is 3. The number of carboxylic acid groups (broad SMARTS) is 2. The summed E-state index contributed by atoms with van der Waals surface area (Å²) in [5.41, 5.74) is 0.644. The van der Waals surface area contributed by atoms with E-state index in [0.29, 0.717) is 31.5 Å². The fourth-order valence-electron chi connectivity index (χ4n) is 3.39. The lowest BCUT2D eigenvalue weighted by molar-refractivity contribution is -0.149. The van der Waals surface area contributed by atoms with Crippen molar-refractivity contribution in [2.45, 2.75) is 57.2 Å². The van der Waals surface area contributed by atoms with Crippen LogP contribution in [0.1, 0.15) is 38.3 Å². The predicted octanol–water partition coefficient (Wildman–Crippen LogP) is -1.12. The average molecular weight is 423 g/mol. The van der Waals surface area contributed by atoms with E-state index in [1.807, 2.05) is 0 Å². The highest BCUT2D eigenvalue weighted by molar-refractivity contribution is 5.95. The SMILES string of the molecule is CC(=O)O.O=C1CC[C@@H](C(=O)N[C@@H](Cc2cnc[nH]2)C(=O)N2CCC[C@H]2C(=O)O)N1. The smallest absolute Gasteiger partial charge is 0.326 e. The Morgan fingerprint density at radius 3 is 2.53 bits per heavy atom. The molecule has 164 valence electrons. The summed E-state index contributed by atoms with van der Waals surface area (Å²) in [6.07, 6.45) is 4.81. The van der Waals surface area contributed by atoms with E-state index in [1.54, 1.807) is 6.20 Å². The molecule has 0 bridgehead atoms. The Morgan fingerprint density at radius 1 is 1.30 bits per heavy atom. The lowest BCUT2D eigenvalue weighted by Gasteiger charge is -2.27. The number of hydrogen-bond acceptors (Lipinski definition) is 6. The van der Waals surface area contributed by atoms with Crippen molar-refractivity contribution in [3.05, 3.63) is 18.2 Å². The average Bonchev–Trinajstić information content (AvgIpc) is 3.41. The zero-order valence-electron chi connectivity index (χ0n) is 16.5. The highest BCUT2D eigenvalue weighted by atomic mass is 16.4. The molecule has 3 heterocycles. The molecule has 12 heteroatoms. The van der Waals surface area contributed by atoms with Gasteiger partial charge in [0.2, 0.25) is 17.7 Å². The van der Waals surface area contributed by atoms with Crippen molar-refractivity contribution in [2.75, 3.05) is 6.54 Å². The van der Waals surface area contributed by atoms with Crippen LogP contribution in [0.5, 0.6) is 0 Å². The van der Waals surface area contributed by atoms with Crippen molar-refractivity contribution in [3.63, 3.8) is 0 Å². The number of aliphatic carboxylic acids is 2. The molecule has 0 aromatic carbocycles. The fourth-order valence-corrected chi connectivity index (χ4v) is 3.39. The first-order chi connectivity index (χ1) is 14.2. The van der Waals surface area contributed by atoms with Gasteiger partial charge < -0.3 is 30.7 Å². The highest BCUT2D eigenvalue weighted by Gasteiger charge is 2.39. The van der Waals surface area contributed by atoms with Crippen molar-refractivity contribution < 1.29 is 34.2 Å². The molecule has 12 nitrogen and oxygen atoms in total. The van der Waals surface area contributed by atoms with Crippen molar-refractivity contribution in [1.82, 2.24) is 25.5 Å². The van der Waals surface area contributed by atoms with E-state index in [2.05, 4.69) is 20.6 Å². The maximum Gasteiger partial charge on any atom is 0.326 e. The van der Waals surface area contributed by atoms with Crippen LogP contribution in [-0.2, 0) is 30.4 Å². The Balaban J connectivity index is 0.000000735. The monoisotopic (exact) mass is 423 g/mol. The minimum atomic E-state index is -1.05. The Morgan fingerprint density at radius 2 is 2.00 bits per heavy atom. The molecule has 1 aromatic heterocycles. The summed E-state index contributed by atoms with van der Waals surface area (Å²) >= 11 is 0. The number of nitrogens with zero attached hydrogens (tertiary/aromatic N) is 2. The van der Waals surface area contributed by atoms with Gasteiger partial charge in [0.05, 0.1) is 6.33 Å². The number of nitrogens with one attached hydrogen (secondary N) is 3. The van der Waals surface area contributed by atoms with Crippen LogP contribution in [0.25, 0.3) is 0 Å². The molecule has 0 saturated carbocycles. The first-order valence-electron chi connectivity index (χ1n) is 9.48. The highest BCUT2D eigenvalue weighted by Crippen LogP contribution is 2.19. The lowest BCUT2D eigenvalue weighted by atomic mass is 10.1. The minimum Gasteiger partial charge on any atom is -0.481 e. The maximum atomic E-state index is 12.9. The molecular formula is C18H25N5O7. The van der Waals surface area contributed by atoms with Gasteiger partial charge in [0, 0.05) is 38.2 Å². The van der Waals surface area contributed by atoms with Gasteiger partial charge in [0.25, 0.3) is 5.97 Å². The van der Waals surface area contributed by atoms with Crippen LogP contribution in [0.3, 0.4) is 0 Å². The Kier molecular flexibility index (Phi) is 7.90. The molecule has 0 spiro atoms. The number of rotatable bonds is 6. The third-order valence-corrected chi connectivity index (χ3v) is 4.73. The number of carboxylic acids is 2. The first-order valence-corrected chi connectivity index (χ1v) is 9.48. The molecule has 3 amide bonds. The Bertz CT molecular complexity index is 791. The van der Waals surface area contributed by atoms with Gasteiger partial charge in [-0.1, -0.05) is 0 Å². The van der Waals surface area contributed by atoms with E-state index >= 15 is 0 Å². The quantitative estimate of drug-likeness (QED) is 0.381. The number of carbonyl (C=O) groups excluding carboxylic acids is 3. The molecular weight excluding hydrogens is 398 g/mol. The molecule has 3 rings (SSSR count). The molecule has 1 aromatic rings. The van der Waals surface area contributed by atoms with E-state index < -0.39 is 41.9 Å². The van der Waals surface area contributed by atoms with Crippen LogP contribution >= 0.6 is 0 Å². The standard InChI is InChI=1S/C16H21N5O5.C2H4O2/c22-13-4-3-10(19-13)14(23)20-11(6-9-7-17-8-18-9)15(24)21-5-1-2-12(21)16(25)26;1-2(3)4/h7-8,10-12H,1-6H2,(H,17,18)(H,19,22)(H,20,23)(H,25,26);1H3,(H,3,4)/t10-,11-,12-;/m0./s1. The topological polar surface area (TPSA) is 182 Å². The molecule has 2 fully saturated rings. The second kappa shape index (κ2) is 10.4. The largest absolute Gasteiger partial charge is 0.481 e. The van der Waals surface area contributed by atoms with Gasteiger partial charge in [0.15, 0.2) is 0 Å². The van der Waals surface area contributed by atoms with E-state index in [0.717, 1.165) is 6.92 Å². The number of aromatic amines is 1. The van der Waals surface area contributed by atoms with Gasteiger partial charge in [-0.2, -0.15) is 0 Å². The minimum absolute atomic E-state index is 0.161. The molecule has 2 aliphatic rings. The zero-order chi connectivity index (χ0) is 22.3. The summed E-state index contributed by atoms with van der Waals surface area (Å²) in [4.78, 5) is 65.1. The summed E-state index contributed by atoms with van der Waals surface area (Å²) in [5.74, 6) is -2.97. The van der Waals surface area contributed by atoms with Gasteiger partial charge in [0.1, 0.15) is 18.1 Å². The Hall–Kier alpha value is -3.44. The number of H-pyrrole nitrogens is 1. The molecule has 0 aliphatic carbocycles. The van der Waals surface area contributed by atoms with Crippen molar-refractivity contribution >= 4 is 29.7 Å². The predicted molar refractivity (Wildman–Crippen MR) is 101 cm³/mol. The third kappa shape index (κ3) is 6.29. The number of likely N-dealkylation sites (tertiary alicyclic amines) is 1. The second-order valence-corrected chi connectivity index (χ2v) is 7.05. The molecule has 2 aliphatic heterocycles. The summed E-state index contributed by atoms with van der Waals surface area (Å²) in [6, 6.07) is -2.48. The number of imidazole rings is 1. The van der Waals surface area contributed by atoms with Crippen molar-refractivity contribution in [3.8, 4) is 0 Å². The van der Waals surface area contributed by atoms with Crippen LogP contribution in [0.2, 0.25) is 0 Å². The normalized spacial score (nSPS) is 21.2. The van der Waals surface area contributed by atoms with Crippen LogP contribution in [-0.4, -0.2) is 79.4 Å². The second-order valence-electron chi connectivity index (χ2n) is 7.05. The summed E-state index contributed by atoms with van der Waals surface area (Å²) in [6.45, 7) is 1.42. The van der Waals surface area contributed by atoms with Gasteiger partial charge >= 0.3 is 5.97 Å². The number of aromatic nitrogens is 2. The molecule has 0 radical (unpaired) electrons. The molecule has 5 N–H and O–H groups in total. The molecule has 30 heavy (non-hydrogen) atoms. The Labute approximate surface area is 172 Å². The number of hydrogen-bond donors (Lipinski definition) is 5. The van der Waals surface area contributed by atoms with Gasteiger partial charge in [-0.05, 0) is 19.3 Å². The third-order valence-electron chi connectivity index (χ3n) is 4.73. The van der Waals surface area contributed by atoms with Gasteiger partial charge in [-0.3, -0.25) is 19.2 Å². The fraction of sp³-hybridized carbons (Fsp3) is 0.556. The molecule has 2 saturated heterocycles. The lowest BCUT2D eigenvalue weighted by Crippen LogP contribution is -2.55. The van der Waals surface area contributed by atoms with Crippen LogP contribution in [0.4, 0.5) is 0 Å². The van der Waals surface area contributed by atoms with Crippen LogP contribution < -0.4 is 10.6 Å². The summed E-state index contributed by atoms with van der Waals surface area (Å²) < 4.78 is 0. The summed E-state index contributed by atoms with van der Waals surface area (Å²) in [7, 11) is 0. The van der Waals surface area contributed by atoms with Crippen molar-refractivity contribution in [1.29, 1.82) is 0 Å². The maximum absolute atomic E-state index is 12.9. The molecule has 3 atom stereocenters. The van der Waals surface area contributed by atoms with E-state index in [4.69, 9.17) is 9.90 Å². The number of carbonyl (C=O) groups is 5. The van der Waals surface area contributed by atoms with E-state index in [-0.39, 0.29) is 18.7 Å². The molecule has 0 unspecified atom stereocenters. The first kappa shape index (κ1) is 22.8. The van der Waals surface area contributed by atoms with E-state index in [9.17, 15) is 24.3 Å². The van der Waals surface area contributed by atoms with Crippen molar-refractivity contribution in [2.24, 2.45) is 0 Å². The zero-order valence-corrected chi connectivity index (χ0v) is 16.5. The van der Waals surface area contributed by atoms with E-state index in [1.165, 1.54) is 11.2 Å². The van der Waals surface area contributed by atoms with Crippen LogP contribution in [0.15, 0.2) is 12.5 Å². The van der Waals surface area contributed by atoms with Crippen LogP contribution in [0, 0.1) is 0 Å². The van der Waals surface area contributed by atoms with Gasteiger partial charge in [-0.25, -0.2) is 9.78 Å². The van der Waals surface area contributed by atoms with Gasteiger partial charge in [-0.15, -0.1) is 0 Å². The summed E-state index contributed by atoms with van der Waals surface area (Å²) in [5, 5.41) is 22.0.